The van der Waals surface area contributed by atoms with E-state index in [1.54, 1.807) is 6.20 Å². The molecule has 1 aromatic heterocycles. The highest BCUT2D eigenvalue weighted by molar-refractivity contribution is 6.30. The van der Waals surface area contributed by atoms with E-state index in [0.29, 0.717) is 10.8 Å². The number of nitrogens with zero attached hydrogens (tertiary/aromatic N) is 1. The lowest BCUT2D eigenvalue weighted by molar-refractivity contribution is 0.523. The van der Waals surface area contributed by atoms with Crippen molar-refractivity contribution in [1.29, 1.82) is 0 Å². The molecule has 1 atom stereocenters. The van der Waals surface area contributed by atoms with Crippen molar-refractivity contribution in [3.63, 3.8) is 0 Å². The lowest BCUT2D eigenvalue weighted by Crippen LogP contribution is -2.18. The molecule has 0 aliphatic heterocycles. The maximum atomic E-state index is 5.91. The SMILES string of the molecule is CCCCC(NC)c1cc(Cl)cnc1N. The van der Waals surface area contributed by atoms with E-state index in [2.05, 4.69) is 17.2 Å². The fraction of sp³-hybridized carbons (Fsp3) is 0.545. The molecule has 3 nitrogen and oxygen atoms in total. The number of hydrogen-bond acceptors (Lipinski definition) is 3. The molecule has 15 heavy (non-hydrogen) atoms. The highest BCUT2D eigenvalue weighted by atomic mass is 35.5. The van der Waals surface area contributed by atoms with Gasteiger partial charge in [-0.1, -0.05) is 31.4 Å². The molecule has 0 radical (unpaired) electrons. The zero-order valence-corrected chi connectivity index (χ0v) is 10.0. The van der Waals surface area contributed by atoms with E-state index in [4.69, 9.17) is 17.3 Å². The topological polar surface area (TPSA) is 50.9 Å². The van der Waals surface area contributed by atoms with Crippen molar-refractivity contribution in [3.05, 3.63) is 22.8 Å². The molecule has 0 saturated heterocycles. The molecular weight excluding hydrogens is 210 g/mol. The van der Waals surface area contributed by atoms with E-state index in [-0.39, 0.29) is 6.04 Å². The predicted molar refractivity (Wildman–Crippen MR) is 65.0 cm³/mol. The minimum Gasteiger partial charge on any atom is -0.383 e. The molecule has 1 heterocycles. The fourth-order valence-electron chi connectivity index (χ4n) is 1.61. The Balaban J connectivity index is 2.85. The molecule has 0 aliphatic carbocycles. The number of nitrogens with one attached hydrogen (secondary N) is 1. The molecule has 3 N–H and O–H groups in total. The van der Waals surface area contributed by atoms with Gasteiger partial charge >= 0.3 is 0 Å². The molecular formula is C11H18ClN3. The first-order valence-corrected chi connectivity index (χ1v) is 5.65. The van der Waals surface area contributed by atoms with E-state index >= 15 is 0 Å². The van der Waals surface area contributed by atoms with Crippen LogP contribution in [0.4, 0.5) is 5.82 Å². The Kier molecular flexibility index (Phi) is 4.85. The molecule has 0 aliphatic rings. The summed E-state index contributed by atoms with van der Waals surface area (Å²) >= 11 is 5.91. The first kappa shape index (κ1) is 12.3. The van der Waals surface area contributed by atoms with Gasteiger partial charge in [0.15, 0.2) is 0 Å². The summed E-state index contributed by atoms with van der Waals surface area (Å²) in [4.78, 5) is 4.06. The third-order valence-electron chi connectivity index (χ3n) is 2.49. The molecule has 0 fully saturated rings. The van der Waals surface area contributed by atoms with Crippen LogP contribution in [0.3, 0.4) is 0 Å². The van der Waals surface area contributed by atoms with Crippen LogP contribution in [0.2, 0.25) is 5.02 Å². The minimum absolute atomic E-state index is 0.246. The number of hydrogen-bond donors (Lipinski definition) is 2. The van der Waals surface area contributed by atoms with Crippen molar-refractivity contribution in [2.45, 2.75) is 32.2 Å². The maximum Gasteiger partial charge on any atom is 0.128 e. The summed E-state index contributed by atoms with van der Waals surface area (Å²) < 4.78 is 0. The Morgan fingerprint density at radius 3 is 2.93 bits per heavy atom. The molecule has 0 saturated carbocycles. The highest BCUT2D eigenvalue weighted by Crippen LogP contribution is 2.25. The largest absolute Gasteiger partial charge is 0.383 e. The Morgan fingerprint density at radius 1 is 1.60 bits per heavy atom. The van der Waals surface area contributed by atoms with Gasteiger partial charge in [0.2, 0.25) is 0 Å². The van der Waals surface area contributed by atoms with Gasteiger partial charge in [-0.3, -0.25) is 0 Å². The first-order chi connectivity index (χ1) is 7.19. The quantitative estimate of drug-likeness (QED) is 0.814. The number of nitrogen functional groups attached to an aromatic ring is 1. The number of aromatic nitrogens is 1. The highest BCUT2D eigenvalue weighted by Gasteiger charge is 2.13. The van der Waals surface area contributed by atoms with Crippen LogP contribution in [0, 0.1) is 0 Å². The van der Waals surface area contributed by atoms with Crippen molar-refractivity contribution in [2.24, 2.45) is 0 Å². The molecule has 4 heteroatoms. The van der Waals surface area contributed by atoms with Crippen molar-refractivity contribution < 1.29 is 0 Å². The van der Waals surface area contributed by atoms with Gasteiger partial charge in [-0.05, 0) is 19.5 Å². The van der Waals surface area contributed by atoms with Crippen LogP contribution in [-0.2, 0) is 0 Å². The number of halogens is 1. The van der Waals surface area contributed by atoms with Gasteiger partial charge in [-0.2, -0.15) is 0 Å². The average molecular weight is 228 g/mol. The van der Waals surface area contributed by atoms with Crippen molar-refractivity contribution in [3.8, 4) is 0 Å². The molecule has 0 aromatic carbocycles. The summed E-state index contributed by atoms with van der Waals surface area (Å²) in [6.07, 6.45) is 4.97. The van der Waals surface area contributed by atoms with E-state index in [0.717, 1.165) is 18.4 Å². The molecule has 0 amide bonds. The standard InChI is InChI=1S/C11H18ClN3/c1-3-4-5-10(14-2)9-6-8(12)7-15-11(9)13/h6-7,10,14H,3-5H2,1-2H3,(H2,13,15). The van der Waals surface area contributed by atoms with Gasteiger partial charge in [-0.15, -0.1) is 0 Å². The monoisotopic (exact) mass is 227 g/mol. The zero-order valence-electron chi connectivity index (χ0n) is 9.26. The lowest BCUT2D eigenvalue weighted by Gasteiger charge is -2.17. The van der Waals surface area contributed by atoms with Gasteiger partial charge in [0.25, 0.3) is 0 Å². The second kappa shape index (κ2) is 5.93. The van der Waals surface area contributed by atoms with Gasteiger partial charge in [0, 0.05) is 17.8 Å². The van der Waals surface area contributed by atoms with E-state index in [1.165, 1.54) is 6.42 Å². The molecule has 84 valence electrons. The zero-order chi connectivity index (χ0) is 11.3. The summed E-state index contributed by atoms with van der Waals surface area (Å²) in [5, 5.41) is 3.88. The number of pyridine rings is 1. The minimum atomic E-state index is 0.246. The van der Waals surface area contributed by atoms with E-state index in [1.807, 2.05) is 13.1 Å². The number of unbranched alkanes of at least 4 members (excludes halogenated alkanes) is 1. The average Bonchev–Trinajstić information content (AvgIpc) is 2.24. The number of anilines is 1. The Hall–Kier alpha value is -0.800. The van der Waals surface area contributed by atoms with Gasteiger partial charge in [0.05, 0.1) is 5.02 Å². The summed E-state index contributed by atoms with van der Waals surface area (Å²) in [5.74, 6) is 0.565. The van der Waals surface area contributed by atoms with Gasteiger partial charge in [-0.25, -0.2) is 4.98 Å². The third kappa shape index (κ3) is 3.36. The Morgan fingerprint density at radius 2 is 2.33 bits per heavy atom. The van der Waals surface area contributed by atoms with Crippen LogP contribution in [0.1, 0.15) is 37.8 Å². The Labute approximate surface area is 96.0 Å². The lowest BCUT2D eigenvalue weighted by atomic mass is 10.0. The van der Waals surface area contributed by atoms with Crippen molar-refractivity contribution in [2.75, 3.05) is 12.8 Å². The second-order valence-corrected chi connectivity index (χ2v) is 4.05. The predicted octanol–water partition coefficient (Wildman–Crippen LogP) is 2.77. The summed E-state index contributed by atoms with van der Waals surface area (Å²) in [6.45, 7) is 2.17. The molecule has 1 aromatic rings. The fourth-order valence-corrected chi connectivity index (χ4v) is 1.77. The number of rotatable bonds is 5. The van der Waals surface area contributed by atoms with Crippen LogP contribution in [0.15, 0.2) is 12.3 Å². The Bertz CT molecular complexity index is 315. The first-order valence-electron chi connectivity index (χ1n) is 5.27. The van der Waals surface area contributed by atoms with Crippen LogP contribution in [0.5, 0.6) is 0 Å². The van der Waals surface area contributed by atoms with Crippen LogP contribution in [0.25, 0.3) is 0 Å². The molecule has 1 unspecified atom stereocenters. The van der Waals surface area contributed by atoms with Crippen LogP contribution < -0.4 is 11.1 Å². The van der Waals surface area contributed by atoms with E-state index < -0.39 is 0 Å². The second-order valence-electron chi connectivity index (χ2n) is 3.61. The maximum absolute atomic E-state index is 5.91. The molecule has 1 rings (SSSR count). The van der Waals surface area contributed by atoms with Crippen molar-refractivity contribution >= 4 is 17.4 Å². The third-order valence-corrected chi connectivity index (χ3v) is 2.69. The normalized spacial score (nSPS) is 12.7. The smallest absolute Gasteiger partial charge is 0.128 e. The number of nitrogens with two attached hydrogens (primary N) is 1. The van der Waals surface area contributed by atoms with E-state index in [9.17, 15) is 0 Å². The van der Waals surface area contributed by atoms with Crippen LogP contribution >= 0.6 is 11.6 Å². The summed E-state index contributed by atoms with van der Waals surface area (Å²) in [7, 11) is 1.93. The summed E-state index contributed by atoms with van der Waals surface area (Å²) in [6, 6.07) is 2.14. The van der Waals surface area contributed by atoms with Gasteiger partial charge < -0.3 is 11.1 Å². The van der Waals surface area contributed by atoms with Crippen LogP contribution in [-0.4, -0.2) is 12.0 Å². The van der Waals surface area contributed by atoms with Gasteiger partial charge in [0.1, 0.15) is 5.82 Å². The molecule has 0 spiro atoms. The molecule has 0 bridgehead atoms. The van der Waals surface area contributed by atoms with Crippen molar-refractivity contribution in [1.82, 2.24) is 10.3 Å². The summed E-state index contributed by atoms with van der Waals surface area (Å²) in [5.41, 5.74) is 6.83.